The van der Waals surface area contributed by atoms with E-state index in [9.17, 15) is 15.0 Å². The molecule has 1 heterocycles. The second-order valence-electron chi connectivity index (χ2n) is 8.70. The molecule has 0 saturated heterocycles. The molecule has 2 aliphatic rings. The molecule has 1 aliphatic heterocycles. The molecule has 0 amide bonds. The van der Waals surface area contributed by atoms with E-state index in [0.29, 0.717) is 37.0 Å². The summed E-state index contributed by atoms with van der Waals surface area (Å²) in [5.74, 6) is -0.350. The number of allylic oxidation sites excluding steroid dienone is 3. The van der Waals surface area contributed by atoms with Gasteiger partial charge >= 0.3 is 5.97 Å². The summed E-state index contributed by atoms with van der Waals surface area (Å²) in [6, 6.07) is 0. The van der Waals surface area contributed by atoms with E-state index in [-0.39, 0.29) is 23.2 Å². The van der Waals surface area contributed by atoms with E-state index in [1.165, 1.54) is 5.57 Å². The highest BCUT2D eigenvalue weighted by atomic mass is 16.5. The Kier molecular flexibility index (Phi) is 8.81. The molecule has 158 valence electrons. The molecule has 28 heavy (non-hydrogen) atoms. The Balaban J connectivity index is 2.50. The van der Waals surface area contributed by atoms with Crippen molar-refractivity contribution in [3.8, 4) is 0 Å². The number of aliphatic carboxylic acids is 1. The molecule has 0 spiro atoms. The molecule has 4 nitrogen and oxygen atoms in total. The molecule has 0 aromatic carbocycles. The lowest BCUT2D eigenvalue weighted by Gasteiger charge is -2.33. The molecule has 0 fully saturated rings. The number of hydrogen-bond acceptors (Lipinski definition) is 3. The van der Waals surface area contributed by atoms with Gasteiger partial charge in [-0.25, -0.2) is 4.79 Å². The summed E-state index contributed by atoms with van der Waals surface area (Å²) in [5, 5.41) is 21.1. The fourth-order valence-corrected chi connectivity index (χ4v) is 4.78. The van der Waals surface area contributed by atoms with Gasteiger partial charge in [-0.2, -0.15) is 0 Å². The van der Waals surface area contributed by atoms with Gasteiger partial charge in [0.2, 0.25) is 0 Å². The number of ether oxygens (including phenoxy) is 1. The Morgan fingerprint density at radius 3 is 2.71 bits per heavy atom. The van der Waals surface area contributed by atoms with Crippen molar-refractivity contribution in [2.75, 3.05) is 13.2 Å². The van der Waals surface area contributed by atoms with Crippen LogP contribution in [0.25, 0.3) is 0 Å². The topological polar surface area (TPSA) is 66.8 Å². The van der Waals surface area contributed by atoms with Gasteiger partial charge in [0, 0.05) is 12.5 Å². The fourth-order valence-electron chi connectivity index (χ4n) is 4.78. The van der Waals surface area contributed by atoms with Crippen molar-refractivity contribution < 1.29 is 19.7 Å². The SMILES string of the molecule is CCCCCC1=CCOCC(C)C2CCCC(C)=CC2C(C)C(O)=C1C(=O)O. The first-order valence-electron chi connectivity index (χ1n) is 11.0. The number of carboxylic acids is 1. The highest BCUT2D eigenvalue weighted by Gasteiger charge is 2.35. The first-order valence-corrected chi connectivity index (χ1v) is 11.0. The molecule has 0 aromatic rings. The largest absolute Gasteiger partial charge is 0.511 e. The van der Waals surface area contributed by atoms with E-state index in [1.807, 2.05) is 13.0 Å². The smallest absolute Gasteiger partial charge is 0.339 e. The molecule has 4 heteroatoms. The summed E-state index contributed by atoms with van der Waals surface area (Å²) in [4.78, 5) is 12.1. The molecule has 1 aliphatic carbocycles. The Morgan fingerprint density at radius 2 is 2.04 bits per heavy atom. The van der Waals surface area contributed by atoms with Crippen molar-refractivity contribution >= 4 is 5.97 Å². The number of aliphatic hydroxyl groups is 1. The van der Waals surface area contributed by atoms with Gasteiger partial charge in [0.25, 0.3) is 0 Å². The zero-order chi connectivity index (χ0) is 20.7. The number of aliphatic hydroxyl groups excluding tert-OH is 1. The van der Waals surface area contributed by atoms with Crippen LogP contribution in [0.3, 0.4) is 0 Å². The lowest BCUT2D eigenvalue weighted by molar-refractivity contribution is -0.132. The Morgan fingerprint density at radius 1 is 1.29 bits per heavy atom. The van der Waals surface area contributed by atoms with Crippen molar-refractivity contribution in [1.29, 1.82) is 0 Å². The third kappa shape index (κ3) is 5.73. The average molecular weight is 391 g/mol. The first-order chi connectivity index (χ1) is 13.4. The molecule has 0 bridgehead atoms. The Bertz CT molecular complexity index is 629. The molecule has 4 atom stereocenters. The zero-order valence-corrected chi connectivity index (χ0v) is 18.0. The van der Waals surface area contributed by atoms with Crippen LogP contribution in [0.5, 0.6) is 0 Å². The summed E-state index contributed by atoms with van der Waals surface area (Å²) in [6.07, 6.45) is 11.2. The maximum absolute atomic E-state index is 12.1. The Hall–Kier alpha value is -1.55. The van der Waals surface area contributed by atoms with E-state index < -0.39 is 5.97 Å². The summed E-state index contributed by atoms with van der Waals surface area (Å²) < 4.78 is 5.94. The highest BCUT2D eigenvalue weighted by molar-refractivity contribution is 5.92. The van der Waals surface area contributed by atoms with Gasteiger partial charge in [-0.1, -0.05) is 51.3 Å². The van der Waals surface area contributed by atoms with Crippen LogP contribution in [0.1, 0.15) is 72.6 Å². The number of unbranched alkanes of at least 4 members (excludes halogenated alkanes) is 2. The molecule has 2 N–H and O–H groups in total. The van der Waals surface area contributed by atoms with Crippen molar-refractivity contribution in [2.24, 2.45) is 23.7 Å². The van der Waals surface area contributed by atoms with Crippen LogP contribution in [0.15, 0.2) is 34.6 Å². The minimum Gasteiger partial charge on any atom is -0.511 e. The number of fused-ring (bicyclic) bond motifs is 1. The van der Waals surface area contributed by atoms with Gasteiger partial charge in [-0.3, -0.25) is 0 Å². The van der Waals surface area contributed by atoms with E-state index in [0.717, 1.165) is 38.5 Å². The van der Waals surface area contributed by atoms with E-state index in [1.54, 1.807) is 0 Å². The molecule has 2 rings (SSSR count). The maximum Gasteiger partial charge on any atom is 0.339 e. The average Bonchev–Trinajstić information content (AvgIpc) is 2.85. The van der Waals surface area contributed by atoms with Gasteiger partial charge < -0.3 is 14.9 Å². The molecule has 4 unspecified atom stereocenters. The van der Waals surface area contributed by atoms with Crippen molar-refractivity contribution in [3.05, 3.63) is 34.6 Å². The van der Waals surface area contributed by atoms with Crippen LogP contribution in [0.2, 0.25) is 0 Å². The normalized spacial score (nSPS) is 29.9. The summed E-state index contributed by atoms with van der Waals surface area (Å²) in [6.45, 7) is 9.56. The quantitative estimate of drug-likeness (QED) is 0.442. The van der Waals surface area contributed by atoms with Crippen LogP contribution in [-0.4, -0.2) is 29.4 Å². The lowest BCUT2D eigenvalue weighted by atomic mass is 9.73. The van der Waals surface area contributed by atoms with Gasteiger partial charge in [0.1, 0.15) is 11.3 Å². The molecule has 0 radical (unpaired) electrons. The summed E-state index contributed by atoms with van der Waals surface area (Å²) in [5.41, 5.74) is 2.15. The maximum atomic E-state index is 12.1. The zero-order valence-electron chi connectivity index (χ0n) is 18.0. The lowest BCUT2D eigenvalue weighted by Crippen LogP contribution is -2.29. The Labute approximate surface area is 170 Å². The van der Waals surface area contributed by atoms with Crippen LogP contribution < -0.4 is 0 Å². The van der Waals surface area contributed by atoms with E-state index >= 15 is 0 Å². The van der Waals surface area contributed by atoms with Crippen LogP contribution in [0, 0.1) is 23.7 Å². The van der Waals surface area contributed by atoms with Crippen LogP contribution in [0.4, 0.5) is 0 Å². The minimum absolute atomic E-state index is 0.0327. The second-order valence-corrected chi connectivity index (χ2v) is 8.70. The first kappa shape index (κ1) is 22.7. The van der Waals surface area contributed by atoms with Gasteiger partial charge in [-0.05, 0) is 62.4 Å². The van der Waals surface area contributed by atoms with Crippen molar-refractivity contribution in [1.82, 2.24) is 0 Å². The number of carbonyl (C=O) groups is 1. The predicted molar refractivity (Wildman–Crippen MR) is 113 cm³/mol. The fraction of sp³-hybridized carbons (Fsp3) is 0.708. The van der Waals surface area contributed by atoms with Gasteiger partial charge in [0.15, 0.2) is 0 Å². The third-order valence-electron chi connectivity index (χ3n) is 6.49. The molecular formula is C24H38O4. The summed E-state index contributed by atoms with van der Waals surface area (Å²) >= 11 is 0. The molecular weight excluding hydrogens is 352 g/mol. The van der Waals surface area contributed by atoms with Crippen molar-refractivity contribution in [2.45, 2.75) is 72.6 Å². The van der Waals surface area contributed by atoms with Gasteiger partial charge in [0.05, 0.1) is 6.61 Å². The highest BCUT2D eigenvalue weighted by Crippen LogP contribution is 2.41. The molecule has 0 saturated carbocycles. The second kappa shape index (κ2) is 10.8. The number of rotatable bonds is 5. The third-order valence-corrected chi connectivity index (χ3v) is 6.49. The molecule has 0 aromatic heterocycles. The number of carboxylic acid groups (broad SMARTS) is 1. The monoisotopic (exact) mass is 390 g/mol. The van der Waals surface area contributed by atoms with Crippen LogP contribution >= 0.6 is 0 Å². The minimum atomic E-state index is -1.04. The summed E-state index contributed by atoms with van der Waals surface area (Å²) in [7, 11) is 0. The van der Waals surface area contributed by atoms with E-state index in [2.05, 4.69) is 26.8 Å². The van der Waals surface area contributed by atoms with Crippen LogP contribution in [-0.2, 0) is 9.53 Å². The predicted octanol–water partition coefficient (Wildman–Crippen LogP) is 6.05. The standard InChI is InChI=1S/C24H38O4/c1-5-6-7-10-19-12-13-28-15-17(3)20-11-8-9-16(2)14-21(20)18(4)23(25)22(19)24(26)27/h12,14,17-18,20-21,25H,5-11,13,15H2,1-4H3,(H,26,27). The van der Waals surface area contributed by atoms with Crippen molar-refractivity contribution in [3.63, 3.8) is 0 Å². The number of hydrogen-bond donors (Lipinski definition) is 2. The van der Waals surface area contributed by atoms with E-state index in [4.69, 9.17) is 4.74 Å². The van der Waals surface area contributed by atoms with Gasteiger partial charge in [-0.15, -0.1) is 0 Å².